The van der Waals surface area contributed by atoms with Gasteiger partial charge in [0.1, 0.15) is 0 Å². The lowest BCUT2D eigenvalue weighted by atomic mass is 10.2. The highest BCUT2D eigenvalue weighted by Gasteiger charge is 2.14. The van der Waals surface area contributed by atoms with E-state index in [1.807, 2.05) is 13.8 Å². The molecule has 0 aromatic carbocycles. The first-order valence-corrected chi connectivity index (χ1v) is 4.77. The number of carbonyl (C=O) groups excluding carboxylic acids is 1. The summed E-state index contributed by atoms with van der Waals surface area (Å²) in [5.41, 5.74) is 1.21. The highest BCUT2D eigenvalue weighted by atomic mass is 16.2. The average molecular weight is 204 g/mol. The van der Waals surface area contributed by atoms with Gasteiger partial charge in [0.15, 0.2) is 5.69 Å². The van der Waals surface area contributed by atoms with Gasteiger partial charge in [0.2, 0.25) is 0 Å². The Morgan fingerprint density at radius 3 is 3.07 bits per heavy atom. The van der Waals surface area contributed by atoms with Crippen LogP contribution in [0.1, 0.15) is 24.3 Å². The number of rotatable bonds is 2. The summed E-state index contributed by atoms with van der Waals surface area (Å²) in [5.74, 6) is -0.177. The second-order valence-electron chi connectivity index (χ2n) is 3.62. The quantitative estimate of drug-likeness (QED) is 0.769. The predicted molar refractivity (Wildman–Crippen MR) is 56.5 cm³/mol. The summed E-state index contributed by atoms with van der Waals surface area (Å²) >= 11 is 0. The molecule has 2 heterocycles. The first kappa shape index (κ1) is 9.64. The van der Waals surface area contributed by atoms with Crippen molar-refractivity contribution in [3.8, 4) is 0 Å². The maximum absolute atomic E-state index is 11.7. The number of nitrogens with one attached hydrogen (secondary N) is 2. The lowest BCUT2D eigenvalue weighted by molar-refractivity contribution is 0.0939. The molecule has 0 aliphatic heterocycles. The Labute approximate surface area is 86.9 Å². The van der Waals surface area contributed by atoms with Crippen molar-refractivity contribution in [1.82, 2.24) is 20.5 Å². The van der Waals surface area contributed by atoms with Crippen molar-refractivity contribution >= 4 is 16.8 Å². The third kappa shape index (κ3) is 1.81. The standard InChI is InChI=1S/C10H12N4O/c1-6(2)12-10(15)9-7-5-11-4-3-8(7)13-14-9/h3-6H,1-2H3,(H,12,15)(H,13,14). The Morgan fingerprint density at radius 1 is 1.53 bits per heavy atom. The van der Waals surface area contributed by atoms with Crippen LogP contribution in [0.25, 0.3) is 10.9 Å². The largest absolute Gasteiger partial charge is 0.348 e. The van der Waals surface area contributed by atoms with Crippen LogP contribution in [0.5, 0.6) is 0 Å². The zero-order valence-corrected chi connectivity index (χ0v) is 8.61. The van der Waals surface area contributed by atoms with Crippen LogP contribution in [-0.4, -0.2) is 27.1 Å². The molecule has 2 aromatic heterocycles. The van der Waals surface area contributed by atoms with E-state index >= 15 is 0 Å². The molecule has 0 saturated carbocycles. The van der Waals surface area contributed by atoms with Crippen LogP contribution in [0.2, 0.25) is 0 Å². The molecule has 15 heavy (non-hydrogen) atoms. The van der Waals surface area contributed by atoms with Crippen molar-refractivity contribution in [3.05, 3.63) is 24.2 Å². The Balaban J connectivity index is 2.40. The molecular weight excluding hydrogens is 192 g/mol. The zero-order valence-electron chi connectivity index (χ0n) is 8.61. The van der Waals surface area contributed by atoms with Crippen LogP contribution in [0.15, 0.2) is 18.5 Å². The van der Waals surface area contributed by atoms with Crippen LogP contribution in [-0.2, 0) is 0 Å². The molecule has 0 aliphatic carbocycles. The fourth-order valence-corrected chi connectivity index (χ4v) is 1.36. The molecule has 2 N–H and O–H groups in total. The van der Waals surface area contributed by atoms with Crippen LogP contribution in [0.4, 0.5) is 0 Å². The Morgan fingerprint density at radius 2 is 2.33 bits per heavy atom. The second kappa shape index (κ2) is 3.68. The summed E-state index contributed by atoms with van der Waals surface area (Å²) in [6.07, 6.45) is 3.29. The van der Waals surface area contributed by atoms with E-state index in [0.717, 1.165) is 10.9 Å². The third-order valence-corrected chi connectivity index (χ3v) is 2.00. The lowest BCUT2D eigenvalue weighted by Gasteiger charge is -2.05. The fourth-order valence-electron chi connectivity index (χ4n) is 1.36. The molecular formula is C10H12N4O. The summed E-state index contributed by atoms with van der Waals surface area (Å²) in [7, 11) is 0. The Hall–Kier alpha value is -1.91. The average Bonchev–Trinajstić information content (AvgIpc) is 2.59. The van der Waals surface area contributed by atoms with E-state index in [1.165, 1.54) is 0 Å². The van der Waals surface area contributed by atoms with Gasteiger partial charge < -0.3 is 5.32 Å². The molecule has 1 amide bonds. The van der Waals surface area contributed by atoms with Crippen LogP contribution < -0.4 is 5.32 Å². The summed E-state index contributed by atoms with van der Waals surface area (Å²) < 4.78 is 0. The van der Waals surface area contributed by atoms with Gasteiger partial charge >= 0.3 is 0 Å². The van der Waals surface area contributed by atoms with E-state index in [4.69, 9.17) is 0 Å². The van der Waals surface area contributed by atoms with E-state index in [1.54, 1.807) is 18.5 Å². The van der Waals surface area contributed by atoms with Crippen molar-refractivity contribution in [1.29, 1.82) is 0 Å². The van der Waals surface area contributed by atoms with Gasteiger partial charge in [0.05, 0.1) is 10.9 Å². The normalized spacial score (nSPS) is 10.9. The maximum Gasteiger partial charge on any atom is 0.272 e. The number of pyridine rings is 1. The molecule has 0 saturated heterocycles. The van der Waals surface area contributed by atoms with Crippen molar-refractivity contribution in [2.24, 2.45) is 0 Å². The molecule has 5 heteroatoms. The van der Waals surface area contributed by atoms with E-state index in [9.17, 15) is 4.79 Å². The molecule has 0 aliphatic rings. The third-order valence-electron chi connectivity index (χ3n) is 2.00. The molecule has 0 fully saturated rings. The molecule has 78 valence electrons. The minimum atomic E-state index is -0.177. The van der Waals surface area contributed by atoms with Crippen molar-refractivity contribution < 1.29 is 4.79 Å². The summed E-state index contributed by atoms with van der Waals surface area (Å²) in [6, 6.07) is 1.88. The number of fused-ring (bicyclic) bond motifs is 1. The van der Waals surface area contributed by atoms with Gasteiger partial charge in [-0.2, -0.15) is 5.10 Å². The number of aromatic amines is 1. The maximum atomic E-state index is 11.7. The highest BCUT2D eigenvalue weighted by Crippen LogP contribution is 2.13. The minimum Gasteiger partial charge on any atom is -0.348 e. The van der Waals surface area contributed by atoms with Gasteiger partial charge in [-0.3, -0.25) is 14.9 Å². The fraction of sp³-hybridized carbons (Fsp3) is 0.300. The number of aromatic nitrogens is 3. The van der Waals surface area contributed by atoms with Crippen molar-refractivity contribution in [2.75, 3.05) is 0 Å². The van der Waals surface area contributed by atoms with Gasteiger partial charge in [-0.05, 0) is 19.9 Å². The smallest absolute Gasteiger partial charge is 0.272 e. The van der Waals surface area contributed by atoms with E-state index < -0.39 is 0 Å². The van der Waals surface area contributed by atoms with Gasteiger partial charge in [0, 0.05) is 18.4 Å². The van der Waals surface area contributed by atoms with E-state index in [0.29, 0.717) is 5.69 Å². The van der Waals surface area contributed by atoms with Gasteiger partial charge in [-0.15, -0.1) is 0 Å². The highest BCUT2D eigenvalue weighted by molar-refractivity contribution is 6.04. The number of carbonyl (C=O) groups is 1. The molecule has 2 aromatic rings. The molecule has 5 nitrogen and oxygen atoms in total. The molecule has 0 radical (unpaired) electrons. The topological polar surface area (TPSA) is 70.7 Å². The minimum absolute atomic E-state index is 0.0981. The van der Waals surface area contributed by atoms with Gasteiger partial charge in [-0.1, -0.05) is 0 Å². The molecule has 0 atom stereocenters. The molecule has 0 bridgehead atoms. The van der Waals surface area contributed by atoms with Crippen molar-refractivity contribution in [2.45, 2.75) is 19.9 Å². The number of H-pyrrole nitrogens is 1. The lowest BCUT2D eigenvalue weighted by Crippen LogP contribution is -2.30. The van der Waals surface area contributed by atoms with Gasteiger partial charge in [-0.25, -0.2) is 0 Å². The first-order chi connectivity index (χ1) is 7.18. The van der Waals surface area contributed by atoms with Gasteiger partial charge in [0.25, 0.3) is 5.91 Å². The molecule has 0 spiro atoms. The Kier molecular flexibility index (Phi) is 2.37. The first-order valence-electron chi connectivity index (χ1n) is 4.77. The summed E-state index contributed by atoms with van der Waals surface area (Å²) in [6.45, 7) is 3.82. The number of amides is 1. The second-order valence-corrected chi connectivity index (χ2v) is 3.62. The van der Waals surface area contributed by atoms with Crippen molar-refractivity contribution in [3.63, 3.8) is 0 Å². The monoisotopic (exact) mass is 204 g/mol. The zero-order chi connectivity index (χ0) is 10.8. The SMILES string of the molecule is CC(C)NC(=O)c1n[nH]c2ccncc12. The number of nitrogens with zero attached hydrogens (tertiary/aromatic N) is 2. The molecule has 2 rings (SSSR count). The van der Waals surface area contributed by atoms with Crippen LogP contribution in [0, 0.1) is 0 Å². The van der Waals surface area contributed by atoms with E-state index in [2.05, 4.69) is 20.5 Å². The number of hydrogen-bond donors (Lipinski definition) is 2. The van der Waals surface area contributed by atoms with E-state index in [-0.39, 0.29) is 11.9 Å². The molecule has 0 unspecified atom stereocenters. The van der Waals surface area contributed by atoms with Crippen LogP contribution in [0.3, 0.4) is 0 Å². The summed E-state index contributed by atoms with van der Waals surface area (Å²) in [5, 5.41) is 10.3. The predicted octanol–water partition coefficient (Wildman–Crippen LogP) is 1.10. The Bertz CT molecular complexity index is 489. The number of hydrogen-bond acceptors (Lipinski definition) is 3. The summed E-state index contributed by atoms with van der Waals surface area (Å²) in [4.78, 5) is 15.7. The van der Waals surface area contributed by atoms with Crippen LogP contribution >= 0.6 is 0 Å².